The van der Waals surface area contributed by atoms with E-state index >= 15 is 0 Å². The molecule has 3 nitrogen and oxygen atoms in total. The summed E-state index contributed by atoms with van der Waals surface area (Å²) in [6.45, 7) is 2.39. The van der Waals surface area contributed by atoms with Gasteiger partial charge in [0.1, 0.15) is 5.82 Å². The summed E-state index contributed by atoms with van der Waals surface area (Å²) in [5.41, 5.74) is 0.163. The first kappa shape index (κ1) is 13.6. The molecule has 1 fully saturated rings. The van der Waals surface area contributed by atoms with Crippen LogP contribution < -0.4 is 0 Å². The third kappa shape index (κ3) is 2.79. The minimum atomic E-state index is -0.454. The lowest BCUT2D eigenvalue weighted by Gasteiger charge is -2.36. The number of Topliss-reactive ketones (excluding diaryl/α,β-unsaturated/α-hetero) is 1. The highest BCUT2D eigenvalue weighted by molar-refractivity contribution is 9.10. The van der Waals surface area contributed by atoms with Crippen LogP contribution in [0.15, 0.2) is 22.7 Å². The normalized spacial score (nSPS) is 22.1. The van der Waals surface area contributed by atoms with Gasteiger partial charge in [0, 0.05) is 24.1 Å². The van der Waals surface area contributed by atoms with Crippen molar-refractivity contribution in [1.29, 1.82) is 0 Å². The molecule has 1 aromatic rings. The lowest BCUT2D eigenvalue weighted by atomic mass is 10.0. The Morgan fingerprint density at radius 3 is 2.83 bits per heavy atom. The molecule has 1 aliphatic rings. The van der Waals surface area contributed by atoms with Crippen LogP contribution in [0.5, 0.6) is 0 Å². The molecule has 0 radical (unpaired) electrons. The van der Waals surface area contributed by atoms with E-state index in [-0.39, 0.29) is 17.4 Å². The molecule has 0 saturated carbocycles. The van der Waals surface area contributed by atoms with Crippen LogP contribution in [0, 0.1) is 5.82 Å². The van der Waals surface area contributed by atoms with Gasteiger partial charge in [-0.3, -0.25) is 9.69 Å². The van der Waals surface area contributed by atoms with Gasteiger partial charge in [-0.1, -0.05) is 15.9 Å². The van der Waals surface area contributed by atoms with E-state index in [0.717, 1.165) is 17.6 Å². The molecular weight excluding hydrogens is 299 g/mol. The summed E-state index contributed by atoms with van der Waals surface area (Å²) in [7, 11) is 3.88. The van der Waals surface area contributed by atoms with Crippen molar-refractivity contribution >= 4 is 21.7 Å². The van der Waals surface area contributed by atoms with Crippen LogP contribution in [0.1, 0.15) is 10.4 Å². The number of benzene rings is 1. The Hall–Kier alpha value is -0.780. The Morgan fingerprint density at radius 2 is 2.11 bits per heavy atom. The molecule has 1 atom stereocenters. The number of hydrogen-bond acceptors (Lipinski definition) is 3. The van der Waals surface area contributed by atoms with Crippen LogP contribution >= 0.6 is 15.9 Å². The largest absolute Gasteiger partial charge is 0.303 e. The summed E-state index contributed by atoms with van der Waals surface area (Å²) in [4.78, 5) is 16.5. The second-order valence-electron chi connectivity index (χ2n) is 4.75. The van der Waals surface area contributed by atoms with Crippen LogP contribution in [-0.2, 0) is 0 Å². The summed E-state index contributed by atoms with van der Waals surface area (Å²) >= 11 is 3.27. The van der Waals surface area contributed by atoms with E-state index in [1.165, 1.54) is 6.07 Å². The maximum absolute atomic E-state index is 13.7. The Kier molecular flexibility index (Phi) is 4.14. The molecule has 5 heteroatoms. The summed E-state index contributed by atoms with van der Waals surface area (Å²) in [6, 6.07) is 4.21. The van der Waals surface area contributed by atoms with Crippen molar-refractivity contribution in [1.82, 2.24) is 9.80 Å². The summed E-state index contributed by atoms with van der Waals surface area (Å²) in [6.07, 6.45) is 0. The van der Waals surface area contributed by atoms with Gasteiger partial charge in [-0.05, 0) is 32.3 Å². The number of piperazine rings is 1. The molecule has 0 aliphatic carbocycles. The average Bonchev–Trinajstić information content (AvgIpc) is 2.34. The molecule has 98 valence electrons. The van der Waals surface area contributed by atoms with Crippen LogP contribution in [0.25, 0.3) is 0 Å². The third-order valence-electron chi connectivity index (χ3n) is 3.35. The zero-order chi connectivity index (χ0) is 13.3. The molecule has 1 aliphatic heterocycles. The average molecular weight is 315 g/mol. The van der Waals surface area contributed by atoms with Gasteiger partial charge < -0.3 is 4.90 Å². The van der Waals surface area contributed by atoms with Gasteiger partial charge in [-0.25, -0.2) is 4.39 Å². The lowest BCUT2D eigenvalue weighted by molar-refractivity contribution is 0.0682. The van der Waals surface area contributed by atoms with Crippen LogP contribution in [-0.4, -0.2) is 55.4 Å². The highest BCUT2D eigenvalue weighted by Crippen LogP contribution is 2.19. The molecule has 0 aromatic heterocycles. The van der Waals surface area contributed by atoms with Crippen molar-refractivity contribution in [2.24, 2.45) is 0 Å². The SMILES string of the molecule is CN1CCN(C)C(C(=O)c2cc(Br)ccc2F)C1. The van der Waals surface area contributed by atoms with Crippen molar-refractivity contribution in [3.05, 3.63) is 34.1 Å². The Bertz CT molecular complexity index is 466. The van der Waals surface area contributed by atoms with Crippen LogP contribution in [0.2, 0.25) is 0 Å². The number of rotatable bonds is 2. The van der Waals surface area contributed by atoms with Gasteiger partial charge in [0.15, 0.2) is 5.78 Å². The van der Waals surface area contributed by atoms with E-state index in [1.54, 1.807) is 12.1 Å². The van der Waals surface area contributed by atoms with Gasteiger partial charge in [0.05, 0.1) is 11.6 Å². The number of likely N-dealkylation sites (N-methyl/N-ethyl adjacent to an activating group) is 2. The summed E-state index contributed by atoms with van der Waals surface area (Å²) < 4.78 is 14.4. The molecule has 0 bridgehead atoms. The number of nitrogens with zero attached hydrogens (tertiary/aromatic N) is 2. The standard InChI is InChI=1S/C13H16BrFN2O/c1-16-5-6-17(2)12(8-16)13(18)10-7-9(14)3-4-11(10)15/h3-4,7,12H,5-6,8H2,1-2H3. The maximum Gasteiger partial charge on any atom is 0.184 e. The van der Waals surface area contributed by atoms with E-state index in [2.05, 4.69) is 20.8 Å². The minimum Gasteiger partial charge on any atom is -0.303 e. The smallest absolute Gasteiger partial charge is 0.184 e. The Labute approximate surface area is 115 Å². The summed E-state index contributed by atoms with van der Waals surface area (Å²) in [5, 5.41) is 0. The van der Waals surface area contributed by atoms with Crippen molar-refractivity contribution in [2.75, 3.05) is 33.7 Å². The highest BCUT2D eigenvalue weighted by Gasteiger charge is 2.30. The third-order valence-corrected chi connectivity index (χ3v) is 3.84. The molecule has 18 heavy (non-hydrogen) atoms. The molecule has 0 spiro atoms. The van der Waals surface area contributed by atoms with E-state index in [1.807, 2.05) is 19.0 Å². The molecule has 1 unspecified atom stereocenters. The molecular formula is C13H16BrFN2O. The van der Waals surface area contributed by atoms with Crippen molar-refractivity contribution < 1.29 is 9.18 Å². The topological polar surface area (TPSA) is 23.6 Å². The molecule has 1 heterocycles. The first-order valence-corrected chi connectivity index (χ1v) is 6.66. The number of hydrogen-bond donors (Lipinski definition) is 0. The fraction of sp³-hybridized carbons (Fsp3) is 0.462. The van der Waals surface area contributed by atoms with E-state index in [0.29, 0.717) is 6.54 Å². The van der Waals surface area contributed by atoms with Crippen molar-refractivity contribution in [3.8, 4) is 0 Å². The van der Waals surface area contributed by atoms with E-state index in [9.17, 15) is 9.18 Å². The first-order valence-electron chi connectivity index (χ1n) is 5.87. The van der Waals surface area contributed by atoms with Gasteiger partial charge >= 0.3 is 0 Å². The zero-order valence-electron chi connectivity index (χ0n) is 10.5. The van der Waals surface area contributed by atoms with E-state index < -0.39 is 5.82 Å². The summed E-state index contributed by atoms with van der Waals surface area (Å²) in [5.74, 6) is -0.604. The predicted octanol–water partition coefficient (Wildman–Crippen LogP) is 2.02. The number of halogens is 2. The fourth-order valence-corrected chi connectivity index (χ4v) is 2.52. The molecule has 0 N–H and O–H groups in total. The number of carbonyl (C=O) groups is 1. The zero-order valence-corrected chi connectivity index (χ0v) is 12.1. The monoisotopic (exact) mass is 314 g/mol. The van der Waals surface area contributed by atoms with Gasteiger partial charge in [-0.15, -0.1) is 0 Å². The molecule has 1 saturated heterocycles. The Morgan fingerprint density at radius 1 is 1.39 bits per heavy atom. The highest BCUT2D eigenvalue weighted by atomic mass is 79.9. The minimum absolute atomic E-state index is 0.150. The maximum atomic E-state index is 13.7. The molecule has 0 amide bonds. The second kappa shape index (κ2) is 5.47. The number of ketones is 1. The lowest BCUT2D eigenvalue weighted by Crippen LogP contribution is -2.53. The molecule has 2 rings (SSSR count). The second-order valence-corrected chi connectivity index (χ2v) is 5.66. The van der Waals surface area contributed by atoms with Gasteiger partial charge in [-0.2, -0.15) is 0 Å². The van der Waals surface area contributed by atoms with Gasteiger partial charge in [0.2, 0.25) is 0 Å². The first-order chi connectivity index (χ1) is 8.49. The molecule has 1 aromatic carbocycles. The quantitative estimate of drug-likeness (QED) is 0.780. The van der Waals surface area contributed by atoms with E-state index in [4.69, 9.17) is 0 Å². The fourth-order valence-electron chi connectivity index (χ4n) is 2.16. The van der Waals surface area contributed by atoms with Crippen LogP contribution in [0.3, 0.4) is 0 Å². The van der Waals surface area contributed by atoms with Crippen molar-refractivity contribution in [2.45, 2.75) is 6.04 Å². The predicted molar refractivity (Wildman–Crippen MR) is 72.3 cm³/mol. The van der Waals surface area contributed by atoms with Crippen molar-refractivity contribution in [3.63, 3.8) is 0 Å². The Balaban J connectivity index is 2.27. The van der Waals surface area contributed by atoms with Gasteiger partial charge in [0.25, 0.3) is 0 Å². The van der Waals surface area contributed by atoms with Crippen LogP contribution in [0.4, 0.5) is 4.39 Å². The number of carbonyl (C=O) groups excluding carboxylic acids is 1.